The fourth-order valence-electron chi connectivity index (χ4n) is 1.05. The third kappa shape index (κ3) is 2.09. The van der Waals surface area contributed by atoms with Crippen molar-refractivity contribution in [2.24, 2.45) is 7.05 Å². The first-order chi connectivity index (χ1) is 6.15. The second kappa shape index (κ2) is 3.76. The van der Waals surface area contributed by atoms with E-state index < -0.39 is 0 Å². The van der Waals surface area contributed by atoms with E-state index in [4.69, 9.17) is 5.26 Å². The summed E-state index contributed by atoms with van der Waals surface area (Å²) >= 11 is 0. The van der Waals surface area contributed by atoms with Crippen molar-refractivity contribution in [1.29, 1.82) is 5.26 Å². The third-order valence-corrected chi connectivity index (χ3v) is 1.60. The highest BCUT2D eigenvalue weighted by molar-refractivity contribution is 5.74. The van der Waals surface area contributed by atoms with Gasteiger partial charge in [-0.05, 0) is 6.07 Å². The maximum atomic E-state index is 8.89. The van der Waals surface area contributed by atoms with Gasteiger partial charge in [0.05, 0.1) is 11.3 Å². The van der Waals surface area contributed by atoms with Crippen LogP contribution in [0.15, 0.2) is 18.5 Å². The van der Waals surface area contributed by atoms with Gasteiger partial charge in [0.2, 0.25) is 0 Å². The van der Waals surface area contributed by atoms with Gasteiger partial charge in [-0.15, -0.1) is 0 Å². The van der Waals surface area contributed by atoms with E-state index in [1.165, 1.54) is 0 Å². The van der Waals surface area contributed by atoms with E-state index in [0.717, 1.165) is 5.69 Å². The molecule has 0 aromatic carbocycles. The van der Waals surface area contributed by atoms with E-state index in [1.54, 1.807) is 17.1 Å². The number of aromatic nitrogens is 2. The summed E-state index contributed by atoms with van der Waals surface area (Å²) in [5, 5.41) is 12.9. The van der Waals surface area contributed by atoms with Gasteiger partial charge in [-0.1, -0.05) is 0 Å². The number of allylic oxidation sites excluding steroid dienone is 1. The largest absolute Gasteiger partial charge is 0.382 e. The van der Waals surface area contributed by atoms with Crippen molar-refractivity contribution in [1.82, 2.24) is 14.7 Å². The van der Waals surface area contributed by atoms with Crippen LogP contribution in [0.5, 0.6) is 0 Å². The van der Waals surface area contributed by atoms with Gasteiger partial charge in [-0.3, -0.25) is 4.68 Å². The lowest BCUT2D eigenvalue weighted by Crippen LogP contribution is -2.04. The van der Waals surface area contributed by atoms with Crippen LogP contribution in [0.1, 0.15) is 5.69 Å². The third-order valence-electron chi connectivity index (χ3n) is 1.60. The molecule has 0 spiro atoms. The zero-order chi connectivity index (χ0) is 9.84. The van der Waals surface area contributed by atoms with Crippen LogP contribution >= 0.6 is 0 Å². The molecule has 0 unspecified atom stereocenters. The zero-order valence-corrected chi connectivity index (χ0v) is 8.02. The Labute approximate surface area is 77.7 Å². The van der Waals surface area contributed by atoms with Crippen molar-refractivity contribution < 1.29 is 0 Å². The van der Waals surface area contributed by atoms with Gasteiger partial charge in [0.1, 0.15) is 6.07 Å². The Morgan fingerprint density at radius 3 is 2.77 bits per heavy atom. The number of nitrogens with zero attached hydrogens (tertiary/aromatic N) is 4. The predicted molar refractivity (Wildman–Crippen MR) is 50.5 cm³/mol. The van der Waals surface area contributed by atoms with Gasteiger partial charge in [0, 0.05) is 33.5 Å². The summed E-state index contributed by atoms with van der Waals surface area (Å²) in [6.45, 7) is 0. The van der Waals surface area contributed by atoms with Crippen LogP contribution in [0.3, 0.4) is 0 Å². The molecule has 0 aliphatic rings. The molecule has 0 fully saturated rings. The van der Waals surface area contributed by atoms with Gasteiger partial charge in [0.25, 0.3) is 0 Å². The molecule has 0 aliphatic carbocycles. The molecular weight excluding hydrogens is 164 g/mol. The number of nitriles is 1. The smallest absolute Gasteiger partial charge is 0.103 e. The average Bonchev–Trinajstić information content (AvgIpc) is 2.47. The lowest BCUT2D eigenvalue weighted by molar-refractivity contribution is 0.565. The van der Waals surface area contributed by atoms with E-state index in [0.29, 0.717) is 5.57 Å². The minimum absolute atomic E-state index is 0.616. The molecule has 0 saturated carbocycles. The summed E-state index contributed by atoms with van der Waals surface area (Å²) in [7, 11) is 5.58. The molecule has 0 bridgehead atoms. The molecule has 1 aromatic heterocycles. The second-order valence-corrected chi connectivity index (χ2v) is 2.96. The fraction of sp³-hybridized carbons (Fsp3) is 0.333. The Hall–Kier alpha value is -1.76. The Balaban J connectivity index is 3.07. The zero-order valence-electron chi connectivity index (χ0n) is 8.02. The monoisotopic (exact) mass is 176 g/mol. The maximum absolute atomic E-state index is 8.89. The maximum Gasteiger partial charge on any atom is 0.103 e. The first-order valence-electron chi connectivity index (χ1n) is 3.92. The lowest BCUT2D eigenvalue weighted by atomic mass is 10.2. The summed E-state index contributed by atoms with van der Waals surface area (Å²) in [6.07, 6.45) is 3.45. The first kappa shape index (κ1) is 9.33. The first-order valence-corrected chi connectivity index (χ1v) is 3.92. The molecule has 0 amide bonds. The summed E-state index contributed by atoms with van der Waals surface area (Å²) in [6, 6.07) is 3.95. The summed E-state index contributed by atoms with van der Waals surface area (Å²) in [5.74, 6) is 0. The number of hydrogen-bond acceptors (Lipinski definition) is 3. The highest BCUT2D eigenvalue weighted by atomic mass is 15.3. The van der Waals surface area contributed by atoms with Gasteiger partial charge < -0.3 is 4.90 Å². The molecule has 0 N–H and O–H groups in total. The highest BCUT2D eigenvalue weighted by Crippen LogP contribution is 2.11. The van der Waals surface area contributed by atoms with E-state index in [9.17, 15) is 0 Å². The van der Waals surface area contributed by atoms with Crippen LogP contribution in [0.2, 0.25) is 0 Å². The average molecular weight is 176 g/mol. The minimum Gasteiger partial charge on any atom is -0.382 e. The van der Waals surface area contributed by atoms with Crippen LogP contribution < -0.4 is 0 Å². The molecule has 4 nitrogen and oxygen atoms in total. The van der Waals surface area contributed by atoms with Gasteiger partial charge >= 0.3 is 0 Å². The van der Waals surface area contributed by atoms with Crippen LogP contribution in [-0.4, -0.2) is 28.8 Å². The van der Waals surface area contributed by atoms with Crippen molar-refractivity contribution in [2.75, 3.05) is 14.1 Å². The summed E-state index contributed by atoms with van der Waals surface area (Å²) in [4.78, 5) is 1.84. The molecule has 0 atom stereocenters. The lowest BCUT2D eigenvalue weighted by Gasteiger charge is -2.06. The molecule has 0 radical (unpaired) electrons. The molecular formula is C9H12N4. The Morgan fingerprint density at radius 1 is 1.69 bits per heavy atom. The fourth-order valence-corrected chi connectivity index (χ4v) is 1.05. The normalized spacial score (nSPS) is 11.1. The van der Waals surface area contributed by atoms with Gasteiger partial charge in [-0.2, -0.15) is 10.4 Å². The van der Waals surface area contributed by atoms with Gasteiger partial charge in [0.15, 0.2) is 0 Å². The van der Waals surface area contributed by atoms with E-state index in [2.05, 4.69) is 11.2 Å². The van der Waals surface area contributed by atoms with E-state index in [1.807, 2.05) is 32.1 Å². The quantitative estimate of drug-likeness (QED) is 0.627. The molecule has 0 saturated heterocycles. The molecule has 1 heterocycles. The van der Waals surface area contributed by atoms with Crippen molar-refractivity contribution in [2.45, 2.75) is 0 Å². The summed E-state index contributed by atoms with van der Waals surface area (Å²) in [5.41, 5.74) is 1.45. The predicted octanol–water partition coefficient (Wildman–Crippen LogP) is 0.846. The Morgan fingerprint density at radius 2 is 2.38 bits per heavy atom. The molecule has 1 rings (SSSR count). The standard InChI is InChI=1S/C9H12N4/c1-12(2)7-8(6-10)9-4-5-11-13(9)3/h4-5,7H,1-3H3/b8-7+. The Bertz CT molecular complexity index is 354. The molecule has 0 aliphatic heterocycles. The van der Waals surface area contributed by atoms with Crippen molar-refractivity contribution in [3.63, 3.8) is 0 Å². The topological polar surface area (TPSA) is 44.9 Å². The summed E-state index contributed by atoms with van der Waals surface area (Å²) < 4.78 is 1.68. The van der Waals surface area contributed by atoms with E-state index >= 15 is 0 Å². The Kier molecular flexibility index (Phi) is 2.70. The number of rotatable bonds is 2. The van der Waals surface area contributed by atoms with Crippen molar-refractivity contribution in [3.8, 4) is 6.07 Å². The molecule has 1 aromatic rings. The van der Waals surface area contributed by atoms with Crippen LogP contribution in [-0.2, 0) is 7.05 Å². The number of hydrogen-bond donors (Lipinski definition) is 0. The van der Waals surface area contributed by atoms with Crippen molar-refractivity contribution in [3.05, 3.63) is 24.2 Å². The molecule has 13 heavy (non-hydrogen) atoms. The minimum atomic E-state index is 0.616. The SMILES string of the molecule is CN(C)/C=C(\C#N)c1ccnn1C. The van der Waals surface area contributed by atoms with E-state index in [-0.39, 0.29) is 0 Å². The van der Waals surface area contributed by atoms with Crippen LogP contribution in [0.4, 0.5) is 0 Å². The molecule has 4 heteroatoms. The molecule has 68 valence electrons. The van der Waals surface area contributed by atoms with Crippen LogP contribution in [0.25, 0.3) is 5.57 Å². The van der Waals surface area contributed by atoms with Gasteiger partial charge in [-0.25, -0.2) is 0 Å². The highest BCUT2D eigenvalue weighted by Gasteiger charge is 2.04. The van der Waals surface area contributed by atoms with Crippen molar-refractivity contribution >= 4 is 5.57 Å². The second-order valence-electron chi connectivity index (χ2n) is 2.96. The number of aryl methyl sites for hydroxylation is 1. The van der Waals surface area contributed by atoms with Crippen LogP contribution in [0, 0.1) is 11.3 Å².